The molecule has 1 unspecified atom stereocenters. The maximum atomic E-state index is 8.97. The van der Waals surface area contributed by atoms with Crippen LogP contribution in [0.25, 0.3) is 0 Å². The van der Waals surface area contributed by atoms with Crippen LogP contribution in [0.3, 0.4) is 0 Å². The number of hydrogen-bond donors (Lipinski definition) is 1. The maximum Gasteiger partial charge on any atom is 0.0459 e. The number of rotatable bonds is 6. The highest BCUT2D eigenvalue weighted by Gasteiger charge is 2.13. The van der Waals surface area contributed by atoms with Gasteiger partial charge in [-0.2, -0.15) is 0 Å². The van der Waals surface area contributed by atoms with Gasteiger partial charge in [-0.05, 0) is 12.3 Å². The van der Waals surface area contributed by atoms with Crippen LogP contribution in [0, 0.1) is 5.92 Å². The van der Waals surface area contributed by atoms with Crippen LogP contribution in [0.2, 0.25) is 25.7 Å². The van der Waals surface area contributed by atoms with Crippen molar-refractivity contribution >= 4 is 8.07 Å². The van der Waals surface area contributed by atoms with Crippen molar-refractivity contribution in [1.29, 1.82) is 0 Å². The summed E-state index contributed by atoms with van der Waals surface area (Å²) in [6, 6.07) is 1.41. The number of aliphatic hydroxyl groups is 1. The lowest BCUT2D eigenvalue weighted by Gasteiger charge is -2.17. The Balaban J connectivity index is 3.41. The molecule has 1 atom stereocenters. The molecule has 0 aliphatic heterocycles. The smallest absolute Gasteiger partial charge is 0.0459 e. The highest BCUT2D eigenvalue weighted by Crippen LogP contribution is 2.17. The van der Waals surface area contributed by atoms with E-state index in [2.05, 4.69) is 26.6 Å². The molecule has 0 aromatic heterocycles. The summed E-state index contributed by atoms with van der Waals surface area (Å²) in [5.74, 6) is 0.557. The van der Waals surface area contributed by atoms with Gasteiger partial charge < -0.3 is 5.11 Å². The van der Waals surface area contributed by atoms with Crippen molar-refractivity contribution in [3.05, 3.63) is 0 Å². The average Bonchev–Trinajstić information content (AvgIpc) is 1.96. The van der Waals surface area contributed by atoms with Gasteiger partial charge >= 0.3 is 0 Å². The largest absolute Gasteiger partial charge is 0.396 e. The Morgan fingerprint density at radius 3 is 2.17 bits per heavy atom. The van der Waals surface area contributed by atoms with E-state index >= 15 is 0 Å². The third kappa shape index (κ3) is 6.86. The second-order valence-corrected chi connectivity index (χ2v) is 10.5. The SMILES string of the molecule is CCC(CO)CCC[Si](C)(C)C. The molecule has 0 heterocycles. The van der Waals surface area contributed by atoms with Gasteiger partial charge in [0.15, 0.2) is 0 Å². The van der Waals surface area contributed by atoms with Gasteiger partial charge in [0.05, 0.1) is 0 Å². The standard InChI is InChI=1S/C10H24OSi/c1-5-10(9-11)7-6-8-12(2,3)4/h10-11H,5-9H2,1-4H3. The van der Waals surface area contributed by atoms with Crippen molar-refractivity contribution in [3.63, 3.8) is 0 Å². The highest BCUT2D eigenvalue weighted by atomic mass is 28.3. The Labute approximate surface area is 78.2 Å². The topological polar surface area (TPSA) is 20.2 Å². The van der Waals surface area contributed by atoms with Crippen molar-refractivity contribution in [2.75, 3.05) is 6.61 Å². The summed E-state index contributed by atoms with van der Waals surface area (Å²) >= 11 is 0. The van der Waals surface area contributed by atoms with Crippen LogP contribution in [-0.2, 0) is 0 Å². The van der Waals surface area contributed by atoms with Crippen LogP contribution in [0.4, 0.5) is 0 Å². The van der Waals surface area contributed by atoms with Crippen LogP contribution >= 0.6 is 0 Å². The van der Waals surface area contributed by atoms with Crippen molar-refractivity contribution in [2.24, 2.45) is 5.92 Å². The van der Waals surface area contributed by atoms with Gasteiger partial charge in [0, 0.05) is 14.7 Å². The molecule has 0 aliphatic rings. The van der Waals surface area contributed by atoms with Crippen LogP contribution in [0.5, 0.6) is 0 Å². The fourth-order valence-corrected chi connectivity index (χ4v) is 2.61. The predicted molar refractivity (Wildman–Crippen MR) is 58.3 cm³/mol. The average molecular weight is 188 g/mol. The summed E-state index contributed by atoms with van der Waals surface area (Å²) in [6.07, 6.45) is 3.66. The Hall–Kier alpha value is 0.177. The van der Waals surface area contributed by atoms with Gasteiger partial charge in [-0.25, -0.2) is 0 Å². The molecular formula is C10H24OSi. The Kier molecular flexibility index (Phi) is 5.84. The van der Waals surface area contributed by atoms with E-state index in [0.29, 0.717) is 12.5 Å². The van der Waals surface area contributed by atoms with Gasteiger partial charge in [0.1, 0.15) is 0 Å². The quantitative estimate of drug-likeness (QED) is 0.635. The van der Waals surface area contributed by atoms with Crippen LogP contribution in [-0.4, -0.2) is 19.8 Å². The number of hydrogen-bond acceptors (Lipinski definition) is 1. The summed E-state index contributed by atoms with van der Waals surface area (Å²) in [7, 11) is -0.831. The fourth-order valence-electron chi connectivity index (χ4n) is 1.35. The molecule has 0 aliphatic carbocycles. The van der Waals surface area contributed by atoms with E-state index in [4.69, 9.17) is 5.11 Å². The molecule has 0 saturated carbocycles. The van der Waals surface area contributed by atoms with E-state index in [0.717, 1.165) is 6.42 Å². The van der Waals surface area contributed by atoms with Crippen LogP contribution in [0.1, 0.15) is 26.2 Å². The molecule has 0 rings (SSSR count). The molecule has 12 heavy (non-hydrogen) atoms. The first kappa shape index (κ1) is 12.2. The Morgan fingerprint density at radius 1 is 1.25 bits per heavy atom. The lowest BCUT2D eigenvalue weighted by atomic mass is 10.0. The van der Waals surface area contributed by atoms with E-state index in [1.165, 1.54) is 18.9 Å². The highest BCUT2D eigenvalue weighted by molar-refractivity contribution is 6.76. The predicted octanol–water partition coefficient (Wildman–Crippen LogP) is 3.12. The van der Waals surface area contributed by atoms with E-state index in [9.17, 15) is 0 Å². The van der Waals surface area contributed by atoms with Gasteiger partial charge in [-0.3, -0.25) is 0 Å². The molecule has 0 aromatic rings. The second-order valence-electron chi connectivity index (χ2n) is 4.91. The van der Waals surface area contributed by atoms with Crippen molar-refractivity contribution in [1.82, 2.24) is 0 Å². The molecule has 0 amide bonds. The van der Waals surface area contributed by atoms with E-state index in [1.54, 1.807) is 0 Å². The van der Waals surface area contributed by atoms with Crippen LogP contribution < -0.4 is 0 Å². The molecule has 0 radical (unpaired) electrons. The van der Waals surface area contributed by atoms with Crippen LogP contribution in [0.15, 0.2) is 0 Å². The summed E-state index contributed by atoms with van der Waals surface area (Å²) in [5.41, 5.74) is 0. The molecule has 1 nitrogen and oxygen atoms in total. The van der Waals surface area contributed by atoms with E-state index in [1.807, 2.05) is 0 Å². The molecule has 0 fully saturated rings. The van der Waals surface area contributed by atoms with Gasteiger partial charge in [0.2, 0.25) is 0 Å². The molecule has 0 spiro atoms. The first-order valence-electron chi connectivity index (χ1n) is 5.10. The molecular weight excluding hydrogens is 164 g/mol. The fraction of sp³-hybridized carbons (Fsp3) is 1.00. The van der Waals surface area contributed by atoms with E-state index < -0.39 is 8.07 Å². The molecule has 0 bridgehead atoms. The summed E-state index contributed by atoms with van der Waals surface area (Å²) in [4.78, 5) is 0. The zero-order chi connectivity index (χ0) is 9.61. The Morgan fingerprint density at radius 2 is 1.83 bits per heavy atom. The third-order valence-electron chi connectivity index (χ3n) is 2.37. The summed E-state index contributed by atoms with van der Waals surface area (Å²) in [5, 5.41) is 8.97. The van der Waals surface area contributed by atoms with Gasteiger partial charge in [-0.1, -0.05) is 45.5 Å². The van der Waals surface area contributed by atoms with E-state index in [-0.39, 0.29) is 0 Å². The summed E-state index contributed by atoms with van der Waals surface area (Å²) < 4.78 is 0. The minimum Gasteiger partial charge on any atom is -0.396 e. The number of aliphatic hydroxyl groups excluding tert-OH is 1. The van der Waals surface area contributed by atoms with Crippen molar-refractivity contribution in [3.8, 4) is 0 Å². The third-order valence-corrected chi connectivity index (χ3v) is 4.23. The first-order chi connectivity index (χ1) is 5.49. The van der Waals surface area contributed by atoms with Gasteiger partial charge in [-0.15, -0.1) is 0 Å². The zero-order valence-corrected chi connectivity index (χ0v) is 10.1. The first-order valence-corrected chi connectivity index (χ1v) is 8.81. The molecule has 1 N–H and O–H groups in total. The molecule has 2 heteroatoms. The van der Waals surface area contributed by atoms with Crippen molar-refractivity contribution in [2.45, 2.75) is 51.9 Å². The van der Waals surface area contributed by atoms with Gasteiger partial charge in [0.25, 0.3) is 0 Å². The minimum atomic E-state index is -0.831. The molecule has 0 aromatic carbocycles. The molecule has 74 valence electrons. The normalized spacial score (nSPS) is 14.8. The monoisotopic (exact) mass is 188 g/mol. The van der Waals surface area contributed by atoms with Crippen molar-refractivity contribution < 1.29 is 5.11 Å². The lowest BCUT2D eigenvalue weighted by Crippen LogP contribution is -2.19. The summed E-state index contributed by atoms with van der Waals surface area (Å²) in [6.45, 7) is 9.77. The minimum absolute atomic E-state index is 0.377. The molecule has 0 saturated heterocycles. The maximum absolute atomic E-state index is 8.97. The zero-order valence-electron chi connectivity index (χ0n) is 9.06. The Bertz CT molecular complexity index is 103. The lowest BCUT2D eigenvalue weighted by molar-refractivity contribution is 0.214. The second kappa shape index (κ2) is 5.76.